The molecule has 1 rings (SSSR count). The van der Waals surface area contributed by atoms with Crippen LogP contribution in [0.1, 0.15) is 31.9 Å². The van der Waals surface area contributed by atoms with E-state index in [1.807, 2.05) is 50.8 Å². The number of methoxy groups -OCH3 is 1. The van der Waals surface area contributed by atoms with Gasteiger partial charge in [-0.3, -0.25) is 9.69 Å². The van der Waals surface area contributed by atoms with Crippen LogP contribution < -0.4 is 4.74 Å². The van der Waals surface area contributed by atoms with E-state index < -0.39 is 5.97 Å². The predicted octanol–water partition coefficient (Wildman–Crippen LogP) is 2.69. The van der Waals surface area contributed by atoms with Crippen LogP contribution in [0.2, 0.25) is 0 Å². The third-order valence-corrected chi connectivity index (χ3v) is 3.11. The third kappa shape index (κ3) is 4.56. The summed E-state index contributed by atoms with van der Waals surface area (Å²) in [4.78, 5) is 12.9. The van der Waals surface area contributed by atoms with Gasteiger partial charge in [0.2, 0.25) is 0 Å². The first kappa shape index (κ1) is 15.5. The number of hydrogen-bond acceptors (Lipinski definition) is 3. The number of nitrogens with zero attached hydrogens (tertiary/aromatic N) is 1. The molecule has 0 saturated carbocycles. The molecule has 0 aliphatic carbocycles. The van der Waals surface area contributed by atoms with E-state index in [-0.39, 0.29) is 12.1 Å². The van der Waals surface area contributed by atoms with Gasteiger partial charge in [0.05, 0.1) is 13.7 Å². The lowest BCUT2D eigenvalue weighted by atomic mass is 10.0. The normalized spacial score (nSPS) is 11.7. The average Bonchev–Trinajstić information content (AvgIpc) is 2.26. The van der Waals surface area contributed by atoms with Crippen LogP contribution in [0.4, 0.5) is 0 Å². The summed E-state index contributed by atoms with van der Waals surface area (Å²) in [6.07, 6.45) is 0. The Labute approximate surface area is 115 Å². The maximum Gasteiger partial charge on any atom is 0.317 e. The van der Waals surface area contributed by atoms with Crippen LogP contribution in [0.3, 0.4) is 0 Å². The maximum atomic E-state index is 11.0. The van der Waals surface area contributed by atoms with Gasteiger partial charge in [0.15, 0.2) is 0 Å². The van der Waals surface area contributed by atoms with Crippen LogP contribution in [-0.2, 0) is 11.3 Å². The van der Waals surface area contributed by atoms with Crippen LogP contribution in [0, 0.1) is 6.92 Å². The van der Waals surface area contributed by atoms with Gasteiger partial charge in [-0.05, 0) is 44.9 Å². The van der Waals surface area contributed by atoms with E-state index in [0.29, 0.717) is 6.54 Å². The van der Waals surface area contributed by atoms with Gasteiger partial charge < -0.3 is 9.84 Å². The highest BCUT2D eigenvalue weighted by Crippen LogP contribution is 2.22. The van der Waals surface area contributed by atoms with E-state index in [0.717, 1.165) is 16.9 Å². The molecule has 0 saturated heterocycles. The lowest BCUT2D eigenvalue weighted by molar-refractivity contribution is -0.139. The molecule has 1 N–H and O–H groups in total. The molecule has 0 amide bonds. The fourth-order valence-electron chi connectivity index (χ4n) is 1.95. The molecule has 19 heavy (non-hydrogen) atoms. The van der Waals surface area contributed by atoms with Crippen LogP contribution in [0.25, 0.3) is 0 Å². The quantitative estimate of drug-likeness (QED) is 0.889. The SMILES string of the molecule is COc1ccc(CN(CC(=O)O)C(C)(C)C)cc1C. The number of benzene rings is 1. The predicted molar refractivity (Wildman–Crippen MR) is 75.5 cm³/mol. The summed E-state index contributed by atoms with van der Waals surface area (Å²) >= 11 is 0. The Kier molecular flexibility index (Phi) is 4.95. The molecular formula is C15H23NO3. The number of hydrogen-bond donors (Lipinski definition) is 1. The first-order valence-electron chi connectivity index (χ1n) is 6.34. The first-order valence-corrected chi connectivity index (χ1v) is 6.34. The fourth-order valence-corrected chi connectivity index (χ4v) is 1.95. The molecule has 4 nitrogen and oxygen atoms in total. The molecule has 0 aromatic heterocycles. The van der Waals surface area contributed by atoms with Crippen molar-refractivity contribution in [1.29, 1.82) is 0 Å². The number of carboxylic acid groups (broad SMARTS) is 1. The van der Waals surface area contributed by atoms with Gasteiger partial charge >= 0.3 is 5.97 Å². The molecule has 106 valence electrons. The maximum absolute atomic E-state index is 11.0. The van der Waals surface area contributed by atoms with Crippen molar-refractivity contribution in [1.82, 2.24) is 4.90 Å². The smallest absolute Gasteiger partial charge is 0.317 e. The standard InChI is InChI=1S/C15H23NO3/c1-11-8-12(6-7-13(11)19-5)9-16(10-14(17)18)15(2,3)4/h6-8H,9-10H2,1-5H3,(H,17,18). The second kappa shape index (κ2) is 6.06. The Bertz CT molecular complexity index is 449. The van der Waals surface area contributed by atoms with Crippen LogP contribution in [0.15, 0.2) is 18.2 Å². The second-order valence-electron chi connectivity index (χ2n) is 5.72. The molecule has 0 spiro atoms. The number of rotatable bonds is 5. The summed E-state index contributed by atoms with van der Waals surface area (Å²) in [6, 6.07) is 5.94. The van der Waals surface area contributed by atoms with Gasteiger partial charge in [0.1, 0.15) is 5.75 Å². The minimum atomic E-state index is -0.805. The third-order valence-electron chi connectivity index (χ3n) is 3.11. The molecule has 0 unspecified atom stereocenters. The van der Waals surface area contributed by atoms with Gasteiger partial charge in [-0.1, -0.05) is 12.1 Å². The molecule has 0 atom stereocenters. The molecule has 4 heteroatoms. The largest absolute Gasteiger partial charge is 0.496 e. The zero-order valence-corrected chi connectivity index (χ0v) is 12.4. The highest BCUT2D eigenvalue weighted by atomic mass is 16.5. The monoisotopic (exact) mass is 265 g/mol. The molecule has 1 aromatic carbocycles. The van der Waals surface area contributed by atoms with Crippen molar-refractivity contribution in [2.75, 3.05) is 13.7 Å². The summed E-state index contributed by atoms with van der Waals surface area (Å²) in [5, 5.41) is 9.00. The lowest BCUT2D eigenvalue weighted by Gasteiger charge is -2.34. The summed E-state index contributed by atoms with van der Waals surface area (Å²) in [6.45, 7) is 8.70. The van der Waals surface area contributed by atoms with E-state index in [2.05, 4.69) is 0 Å². The molecule has 0 bridgehead atoms. The lowest BCUT2D eigenvalue weighted by Crippen LogP contribution is -2.43. The average molecular weight is 265 g/mol. The summed E-state index contributed by atoms with van der Waals surface area (Å²) in [7, 11) is 1.65. The second-order valence-corrected chi connectivity index (χ2v) is 5.72. The van der Waals surface area contributed by atoms with Crippen molar-refractivity contribution in [2.24, 2.45) is 0 Å². The van der Waals surface area contributed by atoms with Crippen LogP contribution >= 0.6 is 0 Å². The Hall–Kier alpha value is -1.55. The molecule has 0 aliphatic rings. The van der Waals surface area contributed by atoms with E-state index in [4.69, 9.17) is 9.84 Å². The highest BCUT2D eigenvalue weighted by Gasteiger charge is 2.23. The fraction of sp³-hybridized carbons (Fsp3) is 0.533. The minimum Gasteiger partial charge on any atom is -0.496 e. The van der Waals surface area contributed by atoms with Crippen molar-refractivity contribution in [2.45, 2.75) is 39.8 Å². The molecule has 0 fully saturated rings. The van der Waals surface area contributed by atoms with Gasteiger partial charge in [-0.15, -0.1) is 0 Å². The number of carboxylic acids is 1. The number of aliphatic carboxylic acids is 1. The Morgan fingerprint density at radius 2 is 2.00 bits per heavy atom. The number of ether oxygens (including phenoxy) is 1. The molecule has 0 radical (unpaired) electrons. The summed E-state index contributed by atoms with van der Waals surface area (Å²) in [5.41, 5.74) is 1.96. The Morgan fingerprint density at radius 3 is 2.42 bits per heavy atom. The zero-order chi connectivity index (χ0) is 14.6. The topological polar surface area (TPSA) is 49.8 Å². The molecule has 0 heterocycles. The van der Waals surface area contributed by atoms with Gasteiger partial charge in [0, 0.05) is 12.1 Å². The van der Waals surface area contributed by atoms with E-state index in [1.54, 1.807) is 7.11 Å². The van der Waals surface area contributed by atoms with Crippen molar-refractivity contribution in [3.05, 3.63) is 29.3 Å². The van der Waals surface area contributed by atoms with Crippen molar-refractivity contribution < 1.29 is 14.6 Å². The van der Waals surface area contributed by atoms with Gasteiger partial charge in [-0.2, -0.15) is 0 Å². The van der Waals surface area contributed by atoms with E-state index in [9.17, 15) is 4.79 Å². The number of carbonyl (C=O) groups is 1. The summed E-state index contributed by atoms with van der Waals surface area (Å²) < 4.78 is 5.23. The molecular weight excluding hydrogens is 242 g/mol. The van der Waals surface area contributed by atoms with Gasteiger partial charge in [-0.25, -0.2) is 0 Å². The summed E-state index contributed by atoms with van der Waals surface area (Å²) in [5.74, 6) is 0.0458. The van der Waals surface area contributed by atoms with Gasteiger partial charge in [0.25, 0.3) is 0 Å². The highest BCUT2D eigenvalue weighted by molar-refractivity contribution is 5.69. The van der Waals surface area contributed by atoms with E-state index >= 15 is 0 Å². The Balaban J connectivity index is 2.90. The Morgan fingerprint density at radius 1 is 1.37 bits per heavy atom. The number of aryl methyl sites for hydroxylation is 1. The van der Waals surface area contributed by atoms with Crippen molar-refractivity contribution >= 4 is 5.97 Å². The zero-order valence-electron chi connectivity index (χ0n) is 12.4. The molecule has 0 aliphatic heterocycles. The first-order chi connectivity index (χ1) is 8.74. The van der Waals surface area contributed by atoms with Crippen molar-refractivity contribution in [3.63, 3.8) is 0 Å². The van der Waals surface area contributed by atoms with Crippen LogP contribution in [0.5, 0.6) is 5.75 Å². The minimum absolute atomic E-state index is 0.0363. The molecule has 1 aromatic rings. The van der Waals surface area contributed by atoms with Crippen molar-refractivity contribution in [3.8, 4) is 5.75 Å². The van der Waals surface area contributed by atoms with E-state index in [1.165, 1.54) is 0 Å². The van der Waals surface area contributed by atoms with Crippen LogP contribution in [-0.4, -0.2) is 35.2 Å².